The second-order valence-electron chi connectivity index (χ2n) is 1.43. The monoisotopic (exact) mass is 102 g/mol. The Morgan fingerprint density at radius 2 is 2.14 bits per heavy atom. The van der Waals surface area contributed by atoms with Crippen molar-refractivity contribution in [1.29, 1.82) is 0 Å². The first-order chi connectivity index (χ1) is 3.31. The summed E-state index contributed by atoms with van der Waals surface area (Å²) in [6.45, 7) is 0.388. The molecule has 7 heavy (non-hydrogen) atoms. The molecule has 0 N–H and O–H groups in total. The summed E-state index contributed by atoms with van der Waals surface area (Å²) in [5.74, 6) is -0.906. The van der Waals surface area contributed by atoms with E-state index in [-0.39, 0.29) is 0 Å². The van der Waals surface area contributed by atoms with Crippen LogP contribution in [0.25, 0.3) is 0 Å². The Kier molecular flexibility index (Phi) is 0.291. The van der Waals surface area contributed by atoms with E-state index in [1.807, 2.05) is 0 Å². The standard InChI is InChI=1S/C3H2O4/c4-2-6-3(7-2)1-5-3/h1H2. The van der Waals surface area contributed by atoms with Gasteiger partial charge in [-0.3, -0.25) is 4.74 Å². The Labute approximate surface area is 39.0 Å². The van der Waals surface area contributed by atoms with Crippen LogP contribution < -0.4 is 0 Å². The van der Waals surface area contributed by atoms with E-state index in [0.29, 0.717) is 6.61 Å². The Balaban J connectivity index is 2.09. The van der Waals surface area contributed by atoms with Crippen LogP contribution in [0.1, 0.15) is 0 Å². The maximum absolute atomic E-state index is 9.83. The fourth-order valence-electron chi connectivity index (χ4n) is 0.438. The van der Waals surface area contributed by atoms with E-state index in [0.717, 1.165) is 0 Å². The minimum Gasteiger partial charge on any atom is -0.363 e. The number of hydrogen-bond donors (Lipinski definition) is 0. The molecule has 0 saturated carbocycles. The van der Waals surface area contributed by atoms with E-state index in [9.17, 15) is 4.79 Å². The van der Waals surface area contributed by atoms with Crippen molar-refractivity contribution >= 4 is 6.16 Å². The van der Waals surface area contributed by atoms with Crippen LogP contribution in [0, 0.1) is 0 Å². The fraction of sp³-hybridized carbons (Fsp3) is 0.667. The zero-order valence-electron chi connectivity index (χ0n) is 3.34. The molecule has 0 atom stereocenters. The van der Waals surface area contributed by atoms with Crippen molar-refractivity contribution in [3.05, 3.63) is 0 Å². The minimum absolute atomic E-state index is 0.388. The summed E-state index contributed by atoms with van der Waals surface area (Å²) >= 11 is 0. The first kappa shape index (κ1) is 3.26. The molecule has 4 heteroatoms. The smallest absolute Gasteiger partial charge is 0.363 e. The number of rotatable bonds is 0. The van der Waals surface area contributed by atoms with Gasteiger partial charge in [0.15, 0.2) is 6.61 Å². The summed E-state index contributed by atoms with van der Waals surface area (Å²) in [5.41, 5.74) is 0. The van der Waals surface area contributed by atoms with E-state index >= 15 is 0 Å². The second kappa shape index (κ2) is 0.626. The zero-order valence-corrected chi connectivity index (χ0v) is 3.34. The van der Waals surface area contributed by atoms with Crippen LogP contribution in [0.4, 0.5) is 4.79 Å². The molecule has 0 aromatic heterocycles. The number of ether oxygens (including phenoxy) is 3. The number of carbonyl (C=O) groups is 1. The predicted octanol–water partition coefficient (Wildman–Crippen LogP) is -0.163. The van der Waals surface area contributed by atoms with E-state index in [1.54, 1.807) is 0 Å². The summed E-state index contributed by atoms with van der Waals surface area (Å²) in [6, 6.07) is 0. The van der Waals surface area contributed by atoms with Gasteiger partial charge in [0.25, 0.3) is 0 Å². The van der Waals surface area contributed by atoms with Gasteiger partial charge in [0.05, 0.1) is 0 Å². The number of carbonyl (C=O) groups excluding carboxylic acids is 1. The molecular weight excluding hydrogens is 100 g/mol. The van der Waals surface area contributed by atoms with Crippen LogP contribution in [0.5, 0.6) is 0 Å². The number of epoxide rings is 1. The van der Waals surface area contributed by atoms with Crippen molar-refractivity contribution < 1.29 is 19.0 Å². The van der Waals surface area contributed by atoms with Crippen molar-refractivity contribution in [1.82, 2.24) is 0 Å². The van der Waals surface area contributed by atoms with Crippen LogP contribution in [0.3, 0.4) is 0 Å². The van der Waals surface area contributed by atoms with Crippen LogP contribution in [0.15, 0.2) is 0 Å². The molecule has 0 aromatic carbocycles. The molecule has 2 saturated heterocycles. The quantitative estimate of drug-likeness (QED) is 0.315. The Hall–Kier alpha value is -0.770. The lowest BCUT2D eigenvalue weighted by Crippen LogP contribution is -2.38. The molecule has 2 aliphatic rings. The number of hydrogen-bond acceptors (Lipinski definition) is 4. The van der Waals surface area contributed by atoms with Crippen LogP contribution in [0.2, 0.25) is 0 Å². The lowest BCUT2D eigenvalue weighted by molar-refractivity contribution is -0.259. The van der Waals surface area contributed by atoms with Gasteiger partial charge in [0, 0.05) is 0 Å². The second-order valence-corrected chi connectivity index (χ2v) is 1.43. The average Bonchev–Trinajstić information content (AvgIpc) is 2.14. The lowest BCUT2D eigenvalue weighted by atomic mass is 10.7. The summed E-state index contributed by atoms with van der Waals surface area (Å²) < 4.78 is 13.2. The third kappa shape index (κ3) is 0.269. The SMILES string of the molecule is O=C1OC2(CO2)O1. The molecule has 0 amide bonds. The third-order valence-electron chi connectivity index (χ3n) is 0.858. The van der Waals surface area contributed by atoms with Crippen molar-refractivity contribution in [3.63, 3.8) is 0 Å². The molecule has 2 fully saturated rings. The van der Waals surface area contributed by atoms with Crippen molar-refractivity contribution in [2.45, 2.75) is 5.97 Å². The molecular formula is C3H2O4. The normalized spacial score (nSPS) is 30.6. The maximum Gasteiger partial charge on any atom is 0.518 e. The molecule has 0 aromatic rings. The highest BCUT2D eigenvalue weighted by atomic mass is 17.1. The van der Waals surface area contributed by atoms with E-state index in [1.165, 1.54) is 0 Å². The topological polar surface area (TPSA) is 48.1 Å². The minimum atomic E-state index is -0.906. The van der Waals surface area contributed by atoms with Gasteiger partial charge in [-0.25, -0.2) is 4.79 Å². The van der Waals surface area contributed by atoms with Gasteiger partial charge in [-0.1, -0.05) is 0 Å². The summed E-state index contributed by atoms with van der Waals surface area (Å²) in [4.78, 5) is 9.83. The maximum atomic E-state index is 9.83. The molecule has 0 radical (unpaired) electrons. The van der Waals surface area contributed by atoms with Crippen LogP contribution in [-0.2, 0) is 14.2 Å². The first-order valence-corrected chi connectivity index (χ1v) is 1.87. The van der Waals surface area contributed by atoms with E-state index in [2.05, 4.69) is 14.2 Å². The zero-order chi connectivity index (χ0) is 4.91. The summed E-state index contributed by atoms with van der Waals surface area (Å²) in [7, 11) is 0. The molecule has 2 rings (SSSR count). The summed E-state index contributed by atoms with van der Waals surface area (Å²) in [5, 5.41) is 0. The highest BCUT2D eigenvalue weighted by Crippen LogP contribution is 2.37. The van der Waals surface area contributed by atoms with Crippen LogP contribution >= 0.6 is 0 Å². The highest BCUT2D eigenvalue weighted by Gasteiger charge is 2.63. The molecule has 2 aliphatic heterocycles. The van der Waals surface area contributed by atoms with Crippen molar-refractivity contribution in [2.24, 2.45) is 0 Å². The van der Waals surface area contributed by atoms with E-state index < -0.39 is 12.1 Å². The molecule has 1 spiro atoms. The van der Waals surface area contributed by atoms with Gasteiger partial charge in [0.2, 0.25) is 0 Å². The summed E-state index contributed by atoms with van der Waals surface area (Å²) in [6.07, 6.45) is -0.641. The predicted molar refractivity (Wildman–Crippen MR) is 16.2 cm³/mol. The Morgan fingerprint density at radius 1 is 1.57 bits per heavy atom. The van der Waals surface area contributed by atoms with E-state index in [4.69, 9.17) is 0 Å². The Bertz CT molecular complexity index is 115. The largest absolute Gasteiger partial charge is 0.518 e. The Morgan fingerprint density at radius 3 is 2.29 bits per heavy atom. The lowest BCUT2D eigenvalue weighted by Gasteiger charge is -2.20. The van der Waals surface area contributed by atoms with Gasteiger partial charge in [-0.2, -0.15) is 0 Å². The van der Waals surface area contributed by atoms with Crippen LogP contribution in [-0.4, -0.2) is 18.7 Å². The van der Waals surface area contributed by atoms with Gasteiger partial charge >= 0.3 is 12.1 Å². The average molecular weight is 102 g/mol. The molecule has 0 unspecified atom stereocenters. The third-order valence-corrected chi connectivity index (χ3v) is 0.858. The van der Waals surface area contributed by atoms with Gasteiger partial charge in [-0.05, 0) is 0 Å². The first-order valence-electron chi connectivity index (χ1n) is 1.87. The van der Waals surface area contributed by atoms with Gasteiger partial charge in [-0.15, -0.1) is 0 Å². The highest BCUT2D eigenvalue weighted by molar-refractivity contribution is 5.65. The molecule has 0 bridgehead atoms. The molecule has 0 aliphatic carbocycles. The van der Waals surface area contributed by atoms with Crippen molar-refractivity contribution in [2.75, 3.05) is 6.61 Å². The van der Waals surface area contributed by atoms with Gasteiger partial charge in [0.1, 0.15) is 0 Å². The molecule has 38 valence electrons. The van der Waals surface area contributed by atoms with Crippen molar-refractivity contribution in [3.8, 4) is 0 Å². The van der Waals surface area contributed by atoms with Gasteiger partial charge < -0.3 is 9.47 Å². The fourth-order valence-corrected chi connectivity index (χ4v) is 0.438. The molecule has 2 heterocycles. The molecule has 4 nitrogen and oxygen atoms in total.